The van der Waals surface area contributed by atoms with Crippen LogP contribution >= 0.6 is 11.6 Å². The van der Waals surface area contributed by atoms with Gasteiger partial charge in [0.25, 0.3) is 5.91 Å². The van der Waals surface area contributed by atoms with E-state index in [2.05, 4.69) is 5.32 Å². The fraction of sp³-hybridized carbons (Fsp3) is 0.208. The molecule has 1 N–H and O–H groups in total. The number of rotatable bonds is 9. The second-order valence-corrected chi connectivity index (χ2v) is 6.97. The Balaban J connectivity index is 1.70. The Morgan fingerprint density at radius 2 is 1.73 bits per heavy atom. The average Bonchev–Trinajstić information content (AvgIpc) is 2.78. The number of halogens is 1. The minimum Gasteiger partial charge on any atom is -0.497 e. The Hall–Kier alpha value is -3.18. The van der Waals surface area contributed by atoms with Crippen molar-refractivity contribution in [3.63, 3.8) is 0 Å². The van der Waals surface area contributed by atoms with Crippen LogP contribution in [0, 0.1) is 0 Å². The normalized spacial score (nSPS) is 10.4. The van der Waals surface area contributed by atoms with E-state index >= 15 is 0 Å². The predicted octanol–water partition coefficient (Wildman–Crippen LogP) is 5.26. The van der Waals surface area contributed by atoms with Crippen LogP contribution in [0.15, 0.2) is 66.7 Å². The van der Waals surface area contributed by atoms with Gasteiger partial charge >= 0.3 is 0 Å². The highest BCUT2D eigenvalue weighted by atomic mass is 35.5. The molecule has 0 aliphatic carbocycles. The SMILES string of the molecule is CCOc1ccc(C(=O)NCc2ccc(Cl)cc2)cc1COc1cccc(OC)c1. The van der Waals surface area contributed by atoms with Crippen LogP contribution in [0.4, 0.5) is 0 Å². The summed E-state index contributed by atoms with van der Waals surface area (Å²) in [5.74, 6) is 1.91. The smallest absolute Gasteiger partial charge is 0.251 e. The van der Waals surface area contributed by atoms with Crippen molar-refractivity contribution in [1.29, 1.82) is 0 Å². The Bertz CT molecular complexity index is 989. The van der Waals surface area contributed by atoms with E-state index < -0.39 is 0 Å². The Morgan fingerprint density at radius 3 is 2.47 bits per heavy atom. The molecular formula is C24H24ClNO4. The fourth-order valence-electron chi connectivity index (χ4n) is 2.87. The lowest BCUT2D eigenvalue weighted by Crippen LogP contribution is -2.23. The van der Waals surface area contributed by atoms with E-state index in [1.807, 2.05) is 43.3 Å². The van der Waals surface area contributed by atoms with Crippen molar-refractivity contribution in [2.45, 2.75) is 20.1 Å². The molecule has 0 saturated carbocycles. The van der Waals surface area contributed by atoms with E-state index in [4.69, 9.17) is 25.8 Å². The van der Waals surface area contributed by atoms with E-state index in [-0.39, 0.29) is 12.5 Å². The molecule has 0 fully saturated rings. The van der Waals surface area contributed by atoms with Gasteiger partial charge < -0.3 is 19.5 Å². The lowest BCUT2D eigenvalue weighted by molar-refractivity contribution is 0.0950. The summed E-state index contributed by atoms with van der Waals surface area (Å²) in [4.78, 5) is 12.6. The quantitative estimate of drug-likeness (QED) is 0.508. The van der Waals surface area contributed by atoms with E-state index in [0.29, 0.717) is 41.0 Å². The maximum absolute atomic E-state index is 12.6. The van der Waals surface area contributed by atoms with E-state index in [1.165, 1.54) is 0 Å². The third-order valence-electron chi connectivity index (χ3n) is 4.42. The van der Waals surface area contributed by atoms with Gasteiger partial charge in [0.15, 0.2) is 0 Å². The van der Waals surface area contributed by atoms with Crippen LogP contribution in [-0.2, 0) is 13.2 Å². The van der Waals surface area contributed by atoms with E-state index in [1.54, 1.807) is 37.4 Å². The summed E-state index contributed by atoms with van der Waals surface area (Å²) in [6.07, 6.45) is 0. The standard InChI is InChI=1S/C24H24ClNO4/c1-3-29-23-12-9-18(24(27)26-15-17-7-10-20(25)11-8-17)13-19(23)16-30-22-6-4-5-21(14-22)28-2/h4-14H,3,15-16H2,1-2H3,(H,26,27). The van der Waals surface area contributed by atoms with Crippen LogP contribution in [0.1, 0.15) is 28.4 Å². The van der Waals surface area contributed by atoms with Crippen LogP contribution in [0.3, 0.4) is 0 Å². The van der Waals surface area contributed by atoms with Crippen LogP contribution < -0.4 is 19.5 Å². The van der Waals surface area contributed by atoms with Crippen molar-refractivity contribution in [2.24, 2.45) is 0 Å². The minimum absolute atomic E-state index is 0.171. The first kappa shape index (κ1) is 21.5. The average molecular weight is 426 g/mol. The van der Waals surface area contributed by atoms with Gasteiger partial charge in [-0.25, -0.2) is 0 Å². The number of hydrogen-bond acceptors (Lipinski definition) is 4. The maximum atomic E-state index is 12.6. The zero-order valence-electron chi connectivity index (χ0n) is 17.0. The van der Waals surface area contributed by atoms with Crippen LogP contribution in [-0.4, -0.2) is 19.6 Å². The first-order valence-corrected chi connectivity index (χ1v) is 10.0. The van der Waals surface area contributed by atoms with Crippen LogP contribution in [0.5, 0.6) is 17.2 Å². The predicted molar refractivity (Wildman–Crippen MR) is 118 cm³/mol. The highest BCUT2D eigenvalue weighted by Crippen LogP contribution is 2.25. The molecule has 0 radical (unpaired) electrons. The molecule has 0 aliphatic heterocycles. The summed E-state index contributed by atoms with van der Waals surface area (Å²) in [6, 6.07) is 20.1. The number of hydrogen-bond donors (Lipinski definition) is 1. The molecule has 0 bridgehead atoms. The molecule has 0 atom stereocenters. The molecule has 0 heterocycles. The molecule has 3 aromatic rings. The van der Waals surface area contributed by atoms with Crippen LogP contribution in [0.2, 0.25) is 5.02 Å². The fourth-order valence-corrected chi connectivity index (χ4v) is 2.99. The number of benzene rings is 3. The highest BCUT2D eigenvalue weighted by Gasteiger charge is 2.12. The van der Waals surface area contributed by atoms with E-state index in [9.17, 15) is 4.79 Å². The molecule has 1 amide bonds. The van der Waals surface area contributed by atoms with Gasteiger partial charge in [0, 0.05) is 28.8 Å². The molecular weight excluding hydrogens is 402 g/mol. The summed E-state index contributed by atoms with van der Waals surface area (Å²) < 4.78 is 16.8. The molecule has 3 rings (SSSR count). The largest absolute Gasteiger partial charge is 0.497 e. The summed E-state index contributed by atoms with van der Waals surface area (Å²) in [7, 11) is 1.61. The third-order valence-corrected chi connectivity index (χ3v) is 4.68. The van der Waals surface area contributed by atoms with E-state index in [0.717, 1.165) is 11.1 Å². The van der Waals surface area contributed by atoms with Gasteiger partial charge in [-0.3, -0.25) is 4.79 Å². The van der Waals surface area contributed by atoms with Gasteiger partial charge in [-0.1, -0.05) is 29.8 Å². The second kappa shape index (κ2) is 10.6. The van der Waals surface area contributed by atoms with Gasteiger partial charge in [-0.2, -0.15) is 0 Å². The first-order chi connectivity index (χ1) is 14.6. The molecule has 6 heteroatoms. The number of ether oxygens (including phenoxy) is 3. The molecule has 30 heavy (non-hydrogen) atoms. The van der Waals surface area contributed by atoms with Crippen molar-refractivity contribution in [3.8, 4) is 17.2 Å². The second-order valence-electron chi connectivity index (χ2n) is 6.53. The van der Waals surface area contributed by atoms with Crippen molar-refractivity contribution < 1.29 is 19.0 Å². The molecule has 5 nitrogen and oxygen atoms in total. The zero-order valence-corrected chi connectivity index (χ0v) is 17.7. The first-order valence-electron chi connectivity index (χ1n) is 9.64. The topological polar surface area (TPSA) is 56.8 Å². The van der Waals surface area contributed by atoms with Gasteiger partial charge in [-0.15, -0.1) is 0 Å². The van der Waals surface area contributed by atoms with Gasteiger partial charge in [0.2, 0.25) is 0 Å². The summed E-state index contributed by atoms with van der Waals surface area (Å²) in [5, 5.41) is 3.59. The van der Waals surface area contributed by atoms with Gasteiger partial charge in [0.05, 0.1) is 13.7 Å². The molecule has 0 unspecified atom stereocenters. The van der Waals surface area contributed by atoms with Crippen LogP contribution in [0.25, 0.3) is 0 Å². The Labute approximate surface area is 181 Å². The van der Waals surface area contributed by atoms with Gasteiger partial charge in [-0.05, 0) is 55.0 Å². The minimum atomic E-state index is -0.171. The van der Waals surface area contributed by atoms with Gasteiger partial charge in [0.1, 0.15) is 23.9 Å². The summed E-state index contributed by atoms with van der Waals surface area (Å²) in [5.41, 5.74) is 2.30. The number of methoxy groups -OCH3 is 1. The monoisotopic (exact) mass is 425 g/mol. The molecule has 156 valence electrons. The van der Waals surface area contributed by atoms with Crippen molar-refractivity contribution in [2.75, 3.05) is 13.7 Å². The lowest BCUT2D eigenvalue weighted by Gasteiger charge is -2.14. The highest BCUT2D eigenvalue weighted by molar-refractivity contribution is 6.30. The van der Waals surface area contributed by atoms with Crippen molar-refractivity contribution in [1.82, 2.24) is 5.32 Å². The zero-order chi connectivity index (χ0) is 21.3. The van der Waals surface area contributed by atoms with Crippen molar-refractivity contribution >= 4 is 17.5 Å². The molecule has 0 saturated heterocycles. The third kappa shape index (κ3) is 5.91. The number of nitrogens with one attached hydrogen (secondary N) is 1. The van der Waals surface area contributed by atoms with Crippen molar-refractivity contribution in [3.05, 3.63) is 88.4 Å². The lowest BCUT2D eigenvalue weighted by atomic mass is 10.1. The number of amides is 1. The maximum Gasteiger partial charge on any atom is 0.251 e. The summed E-state index contributed by atoms with van der Waals surface area (Å²) in [6.45, 7) is 3.12. The Kier molecular flexibility index (Phi) is 7.57. The molecule has 0 spiro atoms. The Morgan fingerprint density at radius 1 is 0.967 bits per heavy atom. The number of carbonyl (C=O) groups is 1. The summed E-state index contributed by atoms with van der Waals surface area (Å²) >= 11 is 5.90. The number of carbonyl (C=O) groups excluding carboxylic acids is 1. The molecule has 0 aromatic heterocycles. The molecule has 0 aliphatic rings. The molecule has 3 aromatic carbocycles.